The molecule has 1 saturated heterocycles. The zero-order valence-electron chi connectivity index (χ0n) is 12.6. The van der Waals surface area contributed by atoms with Gasteiger partial charge in [-0.15, -0.1) is 0 Å². The minimum atomic E-state index is -0.549. The normalized spacial score (nSPS) is 21.0. The Hall–Kier alpha value is -1.59. The summed E-state index contributed by atoms with van der Waals surface area (Å²) in [7, 11) is 0. The van der Waals surface area contributed by atoms with Gasteiger partial charge in [0.25, 0.3) is 0 Å². The summed E-state index contributed by atoms with van der Waals surface area (Å²) in [5.74, 6) is 0.129. The molecule has 1 aromatic rings. The highest BCUT2D eigenvalue weighted by atomic mass is 16.3. The van der Waals surface area contributed by atoms with Crippen LogP contribution in [0.4, 0.5) is 0 Å². The Kier molecular flexibility index (Phi) is 5.59. The molecule has 116 valence electrons. The predicted octanol–water partition coefficient (Wildman–Crippen LogP) is 0.863. The van der Waals surface area contributed by atoms with E-state index in [2.05, 4.69) is 17.1 Å². The van der Waals surface area contributed by atoms with E-state index in [4.69, 9.17) is 5.73 Å². The Labute approximate surface area is 126 Å². The molecule has 4 N–H and O–H groups in total. The molecule has 5 nitrogen and oxygen atoms in total. The first-order valence-corrected chi connectivity index (χ1v) is 7.64. The molecule has 1 fully saturated rings. The topological polar surface area (TPSA) is 78.6 Å². The number of piperidine rings is 1. The van der Waals surface area contributed by atoms with Gasteiger partial charge in [-0.25, -0.2) is 0 Å². The average Bonchev–Trinajstić information content (AvgIpc) is 2.49. The summed E-state index contributed by atoms with van der Waals surface area (Å²) >= 11 is 0. The molecule has 1 unspecified atom stereocenters. The molecule has 1 aliphatic rings. The molecule has 1 aliphatic heterocycles. The van der Waals surface area contributed by atoms with E-state index in [-0.39, 0.29) is 17.7 Å². The first kappa shape index (κ1) is 15.8. The van der Waals surface area contributed by atoms with E-state index in [9.17, 15) is 9.90 Å². The number of rotatable bonds is 5. The number of carbonyl (C=O) groups excluding carboxylic acids is 1. The molecule has 1 aromatic carbocycles. The maximum Gasteiger partial charge on any atom is 0.237 e. The molecule has 1 heterocycles. The monoisotopic (exact) mass is 291 g/mol. The maximum atomic E-state index is 12.2. The third-order valence-electron chi connectivity index (χ3n) is 4.03. The summed E-state index contributed by atoms with van der Waals surface area (Å²) in [4.78, 5) is 14.5. The molecule has 2 atom stereocenters. The van der Waals surface area contributed by atoms with E-state index in [1.165, 1.54) is 0 Å². The van der Waals surface area contributed by atoms with Gasteiger partial charge in [-0.3, -0.25) is 4.79 Å². The van der Waals surface area contributed by atoms with Gasteiger partial charge in [0.2, 0.25) is 5.91 Å². The highest BCUT2D eigenvalue weighted by Gasteiger charge is 2.22. The Bertz CT molecular complexity index is 461. The zero-order chi connectivity index (χ0) is 15.2. The zero-order valence-corrected chi connectivity index (χ0v) is 12.6. The van der Waals surface area contributed by atoms with Crippen molar-refractivity contribution in [1.29, 1.82) is 0 Å². The molecular formula is C16H25N3O2. The smallest absolute Gasteiger partial charge is 0.237 e. The van der Waals surface area contributed by atoms with E-state index in [0.717, 1.165) is 38.0 Å². The number of benzene rings is 1. The quantitative estimate of drug-likeness (QED) is 0.752. The summed E-state index contributed by atoms with van der Waals surface area (Å²) in [6.45, 7) is 5.18. The lowest BCUT2D eigenvalue weighted by atomic mass is 10.0. The van der Waals surface area contributed by atoms with Crippen molar-refractivity contribution in [2.24, 2.45) is 5.73 Å². The molecule has 5 heteroatoms. The van der Waals surface area contributed by atoms with Crippen LogP contribution in [0.15, 0.2) is 24.3 Å². The van der Waals surface area contributed by atoms with E-state index >= 15 is 0 Å². The number of nitrogens with zero attached hydrogens (tertiary/aromatic N) is 1. The van der Waals surface area contributed by atoms with Crippen molar-refractivity contribution in [1.82, 2.24) is 10.2 Å². The fraction of sp³-hybridized carbons (Fsp3) is 0.562. The number of hydrogen-bond donors (Lipinski definition) is 3. The van der Waals surface area contributed by atoms with E-state index < -0.39 is 6.04 Å². The van der Waals surface area contributed by atoms with Crippen LogP contribution in [0.3, 0.4) is 0 Å². The van der Waals surface area contributed by atoms with Crippen molar-refractivity contribution < 1.29 is 9.90 Å². The Morgan fingerprint density at radius 2 is 2.19 bits per heavy atom. The lowest BCUT2D eigenvalue weighted by Crippen LogP contribution is -2.52. The van der Waals surface area contributed by atoms with Crippen LogP contribution in [0.5, 0.6) is 5.75 Å². The van der Waals surface area contributed by atoms with Crippen LogP contribution >= 0.6 is 0 Å². The van der Waals surface area contributed by atoms with Gasteiger partial charge in [0.15, 0.2) is 0 Å². The third kappa shape index (κ3) is 4.72. The molecule has 0 bridgehead atoms. The highest BCUT2D eigenvalue weighted by Crippen LogP contribution is 2.12. The van der Waals surface area contributed by atoms with Crippen LogP contribution in [-0.2, 0) is 11.2 Å². The summed E-state index contributed by atoms with van der Waals surface area (Å²) in [5, 5.41) is 12.3. The second kappa shape index (κ2) is 7.43. The van der Waals surface area contributed by atoms with Gasteiger partial charge >= 0.3 is 0 Å². The molecular weight excluding hydrogens is 266 g/mol. The fourth-order valence-electron chi connectivity index (χ4n) is 2.75. The van der Waals surface area contributed by atoms with Crippen LogP contribution in [0, 0.1) is 0 Å². The Morgan fingerprint density at radius 1 is 1.48 bits per heavy atom. The lowest BCUT2D eigenvalue weighted by Gasteiger charge is -2.32. The Morgan fingerprint density at radius 3 is 2.86 bits per heavy atom. The van der Waals surface area contributed by atoms with Gasteiger partial charge < -0.3 is 21.1 Å². The van der Waals surface area contributed by atoms with E-state index in [0.29, 0.717) is 6.42 Å². The van der Waals surface area contributed by atoms with Gasteiger partial charge in [0, 0.05) is 12.6 Å². The first-order chi connectivity index (χ1) is 10.1. The summed E-state index contributed by atoms with van der Waals surface area (Å²) in [5.41, 5.74) is 6.94. The number of phenolic OH excluding ortho intramolecular Hbond substituents is 1. The van der Waals surface area contributed by atoms with E-state index in [1.54, 1.807) is 24.3 Å². The van der Waals surface area contributed by atoms with Crippen LogP contribution in [0.1, 0.15) is 25.3 Å². The van der Waals surface area contributed by atoms with Crippen LogP contribution < -0.4 is 11.1 Å². The molecule has 0 saturated carbocycles. The number of phenols is 1. The number of aromatic hydroxyl groups is 1. The summed E-state index contributed by atoms with van der Waals surface area (Å²) < 4.78 is 0. The summed E-state index contributed by atoms with van der Waals surface area (Å²) in [6, 6.07) is 6.47. The van der Waals surface area contributed by atoms with Gasteiger partial charge in [-0.05, 0) is 50.0 Å². The minimum absolute atomic E-state index is 0.0916. The number of likely N-dealkylation sites (N-methyl/N-ethyl adjacent to an activating group) is 1. The van der Waals surface area contributed by atoms with Crippen LogP contribution in [0.25, 0.3) is 0 Å². The summed E-state index contributed by atoms with van der Waals surface area (Å²) in [6.07, 6.45) is 2.62. The fourth-order valence-corrected chi connectivity index (χ4v) is 2.75. The van der Waals surface area contributed by atoms with Gasteiger partial charge in [0.1, 0.15) is 5.75 Å². The third-order valence-corrected chi connectivity index (χ3v) is 4.03. The predicted molar refractivity (Wildman–Crippen MR) is 83.1 cm³/mol. The molecule has 1 amide bonds. The number of amides is 1. The van der Waals surface area contributed by atoms with Crippen molar-refractivity contribution in [3.05, 3.63) is 29.8 Å². The molecule has 0 radical (unpaired) electrons. The van der Waals surface area contributed by atoms with Gasteiger partial charge in [-0.1, -0.05) is 19.1 Å². The van der Waals surface area contributed by atoms with Crippen molar-refractivity contribution in [2.75, 3.05) is 19.6 Å². The van der Waals surface area contributed by atoms with Crippen molar-refractivity contribution in [3.63, 3.8) is 0 Å². The van der Waals surface area contributed by atoms with Crippen molar-refractivity contribution in [2.45, 2.75) is 38.3 Å². The number of nitrogens with two attached hydrogens (primary N) is 1. The lowest BCUT2D eigenvalue weighted by molar-refractivity contribution is -0.123. The first-order valence-electron chi connectivity index (χ1n) is 7.64. The molecule has 0 spiro atoms. The average molecular weight is 291 g/mol. The highest BCUT2D eigenvalue weighted by molar-refractivity contribution is 5.82. The largest absolute Gasteiger partial charge is 0.508 e. The molecule has 0 aliphatic carbocycles. The van der Waals surface area contributed by atoms with Crippen LogP contribution in [0.2, 0.25) is 0 Å². The number of carbonyl (C=O) groups is 1. The second-order valence-corrected chi connectivity index (χ2v) is 5.72. The van der Waals surface area contributed by atoms with Gasteiger partial charge in [-0.2, -0.15) is 0 Å². The molecule has 21 heavy (non-hydrogen) atoms. The second-order valence-electron chi connectivity index (χ2n) is 5.72. The minimum Gasteiger partial charge on any atom is -0.508 e. The Balaban J connectivity index is 1.83. The molecule has 0 aromatic heterocycles. The van der Waals surface area contributed by atoms with E-state index in [1.807, 2.05) is 0 Å². The van der Waals surface area contributed by atoms with Crippen molar-refractivity contribution >= 4 is 5.91 Å². The molecule has 2 rings (SSSR count). The SMILES string of the molecule is CCN1CCCC(NC(=O)[C@H](N)Cc2ccc(O)cc2)C1. The number of hydrogen-bond acceptors (Lipinski definition) is 4. The standard InChI is InChI=1S/C16H25N3O2/c1-2-19-9-3-4-13(11-19)18-16(21)15(17)10-12-5-7-14(20)8-6-12/h5-8,13,15,20H,2-4,9-11,17H2,1H3,(H,18,21)/t13?,15-/m1/s1. The number of nitrogens with one attached hydrogen (secondary N) is 1. The van der Waals surface area contributed by atoms with Crippen molar-refractivity contribution in [3.8, 4) is 5.75 Å². The van der Waals surface area contributed by atoms with Crippen LogP contribution in [-0.4, -0.2) is 47.6 Å². The van der Waals surface area contributed by atoms with Gasteiger partial charge in [0.05, 0.1) is 6.04 Å². The number of likely N-dealkylation sites (tertiary alicyclic amines) is 1. The maximum absolute atomic E-state index is 12.2.